The van der Waals surface area contributed by atoms with Crippen LogP contribution in [-0.4, -0.2) is 68.2 Å². The van der Waals surface area contributed by atoms with Crippen LogP contribution in [-0.2, 0) is 17.8 Å². The molecule has 2 fully saturated rings. The number of ether oxygens (including phenoxy) is 1. The van der Waals surface area contributed by atoms with E-state index in [2.05, 4.69) is 57.7 Å². The first kappa shape index (κ1) is 26.0. The zero-order chi connectivity index (χ0) is 22.0. The predicted octanol–water partition coefficient (Wildman–Crippen LogP) is 3.62. The van der Waals surface area contributed by atoms with Gasteiger partial charge in [-0.1, -0.05) is 24.3 Å². The molecule has 1 atom stereocenters. The largest absolute Gasteiger partial charge is 0.468 e. The lowest BCUT2D eigenvalue weighted by atomic mass is 10.1. The predicted molar refractivity (Wildman–Crippen MR) is 143 cm³/mol. The third kappa shape index (κ3) is 7.98. The van der Waals surface area contributed by atoms with Crippen LogP contribution >= 0.6 is 24.0 Å². The summed E-state index contributed by atoms with van der Waals surface area (Å²) < 4.78 is 11.2. The lowest BCUT2D eigenvalue weighted by Gasteiger charge is -2.27. The Kier molecular flexibility index (Phi) is 11.0. The highest BCUT2D eigenvalue weighted by Gasteiger charge is 2.25. The van der Waals surface area contributed by atoms with E-state index in [4.69, 9.17) is 14.1 Å². The van der Waals surface area contributed by atoms with Crippen LogP contribution in [0.25, 0.3) is 0 Å². The molecule has 8 heteroatoms. The number of rotatable bonds is 9. The average Bonchev–Trinajstić information content (AvgIpc) is 3.54. The van der Waals surface area contributed by atoms with Crippen molar-refractivity contribution in [3.8, 4) is 0 Å². The molecule has 33 heavy (non-hydrogen) atoms. The second-order valence-corrected chi connectivity index (χ2v) is 8.56. The lowest BCUT2D eigenvalue weighted by molar-refractivity contribution is 0.0342. The Hall–Kier alpha value is -1.62. The Labute approximate surface area is 215 Å². The Morgan fingerprint density at radius 2 is 1.82 bits per heavy atom. The maximum absolute atomic E-state index is 5.75. The van der Waals surface area contributed by atoms with Gasteiger partial charge in [0.15, 0.2) is 5.96 Å². The van der Waals surface area contributed by atoms with E-state index in [0.29, 0.717) is 6.54 Å². The van der Waals surface area contributed by atoms with Crippen LogP contribution in [0.15, 0.2) is 52.1 Å². The molecule has 4 rings (SSSR count). The van der Waals surface area contributed by atoms with E-state index in [1.165, 1.54) is 24.0 Å². The highest BCUT2D eigenvalue weighted by molar-refractivity contribution is 14.0. The summed E-state index contributed by atoms with van der Waals surface area (Å²) in [4.78, 5) is 9.82. The van der Waals surface area contributed by atoms with Gasteiger partial charge >= 0.3 is 0 Å². The first-order valence-electron chi connectivity index (χ1n) is 12.0. The zero-order valence-electron chi connectivity index (χ0n) is 19.7. The molecule has 2 aromatic rings. The number of nitrogens with one attached hydrogen (secondary N) is 2. The van der Waals surface area contributed by atoms with Crippen molar-refractivity contribution in [2.45, 2.75) is 38.9 Å². The van der Waals surface area contributed by atoms with E-state index in [1.54, 1.807) is 6.26 Å². The third-order valence-corrected chi connectivity index (χ3v) is 6.18. The van der Waals surface area contributed by atoms with Crippen LogP contribution in [0, 0.1) is 0 Å². The molecule has 2 aliphatic rings. The number of hydrogen-bond donors (Lipinski definition) is 2. The quantitative estimate of drug-likeness (QED) is 0.274. The van der Waals surface area contributed by atoms with Crippen LogP contribution in [0.1, 0.15) is 42.7 Å². The summed E-state index contributed by atoms with van der Waals surface area (Å²) in [6, 6.07) is 13.1. The van der Waals surface area contributed by atoms with Crippen LogP contribution in [0.4, 0.5) is 0 Å². The van der Waals surface area contributed by atoms with Crippen LogP contribution in [0.5, 0.6) is 0 Å². The first-order valence-corrected chi connectivity index (χ1v) is 12.0. The molecule has 0 bridgehead atoms. The SMILES string of the molecule is CCNC(=NCc1cccc(CN2CCOCC2)c1)NCC(c1ccco1)N1CCCC1.I. The highest BCUT2D eigenvalue weighted by atomic mass is 127. The number of morpholine rings is 1. The average molecular weight is 568 g/mol. The number of nitrogens with zero attached hydrogens (tertiary/aromatic N) is 3. The number of likely N-dealkylation sites (tertiary alicyclic amines) is 1. The van der Waals surface area contributed by atoms with E-state index >= 15 is 0 Å². The molecule has 3 heterocycles. The van der Waals surface area contributed by atoms with Crippen LogP contribution < -0.4 is 10.6 Å². The second kappa shape index (κ2) is 13.9. The summed E-state index contributed by atoms with van der Waals surface area (Å²) in [5, 5.41) is 6.94. The molecule has 0 radical (unpaired) electrons. The minimum Gasteiger partial charge on any atom is -0.468 e. The monoisotopic (exact) mass is 567 g/mol. The van der Waals surface area contributed by atoms with Crippen molar-refractivity contribution in [1.29, 1.82) is 0 Å². The van der Waals surface area contributed by atoms with Gasteiger partial charge in [0, 0.05) is 32.7 Å². The Balaban J connectivity index is 0.00000306. The van der Waals surface area contributed by atoms with Crippen molar-refractivity contribution in [2.75, 3.05) is 52.5 Å². The molecule has 2 N–H and O–H groups in total. The van der Waals surface area contributed by atoms with Crippen molar-refractivity contribution in [3.05, 3.63) is 59.5 Å². The van der Waals surface area contributed by atoms with Gasteiger partial charge in [-0.15, -0.1) is 24.0 Å². The fourth-order valence-electron chi connectivity index (χ4n) is 4.49. The first-order chi connectivity index (χ1) is 15.8. The summed E-state index contributed by atoms with van der Waals surface area (Å²) in [5.41, 5.74) is 2.57. The summed E-state index contributed by atoms with van der Waals surface area (Å²) in [7, 11) is 0. The molecule has 0 aliphatic carbocycles. The summed E-state index contributed by atoms with van der Waals surface area (Å²) in [6.07, 6.45) is 4.28. The van der Waals surface area contributed by atoms with E-state index < -0.39 is 0 Å². The Morgan fingerprint density at radius 1 is 1.03 bits per heavy atom. The maximum atomic E-state index is 5.75. The maximum Gasteiger partial charge on any atom is 0.191 e. The van der Waals surface area contributed by atoms with Crippen molar-refractivity contribution in [3.63, 3.8) is 0 Å². The van der Waals surface area contributed by atoms with Crippen LogP contribution in [0.2, 0.25) is 0 Å². The molecule has 1 aromatic heterocycles. The molecule has 7 nitrogen and oxygen atoms in total. The van der Waals surface area contributed by atoms with Gasteiger partial charge in [-0.2, -0.15) is 0 Å². The van der Waals surface area contributed by atoms with E-state index in [-0.39, 0.29) is 30.0 Å². The van der Waals surface area contributed by atoms with Crippen LogP contribution in [0.3, 0.4) is 0 Å². The van der Waals surface area contributed by atoms with Gasteiger partial charge in [-0.05, 0) is 56.1 Å². The molecular weight excluding hydrogens is 529 g/mol. The number of halogens is 1. The molecule has 0 saturated carbocycles. The molecule has 182 valence electrons. The van der Waals surface area contributed by atoms with Gasteiger partial charge in [0.1, 0.15) is 5.76 Å². The Morgan fingerprint density at radius 3 is 2.55 bits per heavy atom. The van der Waals surface area contributed by atoms with Crippen molar-refractivity contribution >= 4 is 29.9 Å². The molecule has 0 spiro atoms. The van der Waals surface area contributed by atoms with Gasteiger partial charge in [0.05, 0.1) is 32.1 Å². The Bertz CT molecular complexity index is 833. The fraction of sp³-hybridized carbons (Fsp3) is 0.560. The smallest absolute Gasteiger partial charge is 0.191 e. The molecule has 2 aliphatic heterocycles. The summed E-state index contributed by atoms with van der Waals surface area (Å²) in [6.45, 7) is 11.2. The van der Waals surface area contributed by atoms with Gasteiger partial charge in [-0.25, -0.2) is 4.99 Å². The lowest BCUT2D eigenvalue weighted by Crippen LogP contribution is -2.42. The minimum atomic E-state index is 0. The summed E-state index contributed by atoms with van der Waals surface area (Å²) in [5.74, 6) is 1.87. The van der Waals surface area contributed by atoms with Crippen molar-refractivity contribution < 1.29 is 9.15 Å². The molecule has 1 aromatic carbocycles. The van der Waals surface area contributed by atoms with E-state index in [0.717, 1.165) is 70.7 Å². The topological polar surface area (TPSA) is 65.3 Å². The number of hydrogen-bond acceptors (Lipinski definition) is 5. The van der Waals surface area contributed by atoms with Crippen molar-refractivity contribution in [1.82, 2.24) is 20.4 Å². The number of guanidine groups is 1. The number of benzene rings is 1. The standard InChI is InChI=1S/C25H37N5O2.HI/c1-2-26-25(28-19-23(24-9-6-14-32-24)30-10-3-4-11-30)27-18-21-7-5-8-22(17-21)20-29-12-15-31-16-13-29;/h5-9,14,17,23H,2-4,10-13,15-16,18-20H2,1H3,(H2,26,27,28);1H. The second-order valence-electron chi connectivity index (χ2n) is 8.56. The normalized spacial score (nSPS) is 18.6. The summed E-state index contributed by atoms with van der Waals surface area (Å²) >= 11 is 0. The molecule has 1 unspecified atom stereocenters. The van der Waals surface area contributed by atoms with Gasteiger partial charge in [-0.3, -0.25) is 9.80 Å². The highest BCUT2D eigenvalue weighted by Crippen LogP contribution is 2.24. The number of furan rings is 1. The van der Waals surface area contributed by atoms with Gasteiger partial charge < -0.3 is 19.8 Å². The molecular formula is C25H38IN5O2. The fourth-order valence-corrected chi connectivity index (χ4v) is 4.49. The van der Waals surface area contributed by atoms with Gasteiger partial charge in [0.2, 0.25) is 0 Å². The number of aliphatic imine (C=N–C) groups is 1. The molecule has 0 amide bonds. The van der Waals surface area contributed by atoms with Gasteiger partial charge in [0.25, 0.3) is 0 Å². The zero-order valence-corrected chi connectivity index (χ0v) is 22.0. The van der Waals surface area contributed by atoms with E-state index in [9.17, 15) is 0 Å². The molecule has 2 saturated heterocycles. The van der Waals surface area contributed by atoms with Crippen molar-refractivity contribution in [2.24, 2.45) is 4.99 Å². The van der Waals surface area contributed by atoms with E-state index in [1.807, 2.05) is 6.07 Å². The third-order valence-electron chi connectivity index (χ3n) is 6.18. The minimum absolute atomic E-state index is 0.